The maximum atomic E-state index is 5.42. The number of hydrogen-bond donors (Lipinski definition) is 1. The van der Waals surface area contributed by atoms with E-state index in [4.69, 9.17) is 4.74 Å². The van der Waals surface area contributed by atoms with Crippen LogP contribution in [0.15, 0.2) is 0 Å². The van der Waals surface area contributed by atoms with Gasteiger partial charge in [0, 0.05) is 31.8 Å². The first-order valence-corrected chi connectivity index (χ1v) is 6.45. The zero-order valence-corrected chi connectivity index (χ0v) is 9.87. The van der Waals surface area contributed by atoms with Gasteiger partial charge in [-0.3, -0.25) is 4.90 Å². The molecule has 1 unspecified atom stereocenters. The molecule has 0 aromatic heterocycles. The zero-order valence-electron chi connectivity index (χ0n) is 9.87. The van der Waals surface area contributed by atoms with Crippen molar-refractivity contribution in [1.29, 1.82) is 0 Å². The third kappa shape index (κ3) is 3.74. The van der Waals surface area contributed by atoms with Gasteiger partial charge >= 0.3 is 0 Å². The third-order valence-electron chi connectivity index (χ3n) is 3.45. The molecule has 2 aliphatic rings. The maximum absolute atomic E-state index is 5.42. The SMILES string of the molecule is CCOCCN1CCCC1CNC1CC1. The fourth-order valence-corrected chi connectivity index (χ4v) is 2.34. The van der Waals surface area contributed by atoms with Crippen molar-refractivity contribution in [2.75, 3.05) is 32.8 Å². The molecule has 1 aliphatic heterocycles. The van der Waals surface area contributed by atoms with Crippen LogP contribution in [0.2, 0.25) is 0 Å². The highest BCUT2D eigenvalue weighted by atomic mass is 16.5. The molecule has 1 saturated carbocycles. The van der Waals surface area contributed by atoms with Gasteiger partial charge in [-0.2, -0.15) is 0 Å². The van der Waals surface area contributed by atoms with E-state index in [0.29, 0.717) is 0 Å². The molecule has 3 nitrogen and oxygen atoms in total. The van der Waals surface area contributed by atoms with Gasteiger partial charge in [0.15, 0.2) is 0 Å². The van der Waals surface area contributed by atoms with E-state index < -0.39 is 0 Å². The summed E-state index contributed by atoms with van der Waals surface area (Å²) in [5.74, 6) is 0. The first kappa shape index (κ1) is 11.4. The highest BCUT2D eigenvalue weighted by molar-refractivity contribution is 4.86. The van der Waals surface area contributed by atoms with E-state index in [1.165, 1.54) is 38.8 Å². The molecule has 0 spiro atoms. The van der Waals surface area contributed by atoms with Crippen molar-refractivity contribution in [3.63, 3.8) is 0 Å². The van der Waals surface area contributed by atoms with Crippen molar-refractivity contribution in [2.24, 2.45) is 0 Å². The van der Waals surface area contributed by atoms with Crippen LogP contribution in [0.5, 0.6) is 0 Å². The Morgan fingerprint density at radius 2 is 2.20 bits per heavy atom. The van der Waals surface area contributed by atoms with Crippen LogP contribution in [0.1, 0.15) is 32.6 Å². The van der Waals surface area contributed by atoms with Crippen LogP contribution in [0, 0.1) is 0 Å². The molecule has 1 N–H and O–H groups in total. The molecule has 3 heteroatoms. The second-order valence-corrected chi connectivity index (χ2v) is 4.71. The molecule has 2 rings (SSSR count). The van der Waals surface area contributed by atoms with Crippen molar-refractivity contribution in [3.05, 3.63) is 0 Å². The second-order valence-electron chi connectivity index (χ2n) is 4.71. The molecule has 0 aromatic rings. The second kappa shape index (κ2) is 5.83. The quantitative estimate of drug-likeness (QED) is 0.643. The number of likely N-dealkylation sites (tertiary alicyclic amines) is 1. The average molecular weight is 212 g/mol. The van der Waals surface area contributed by atoms with Crippen LogP contribution in [0.3, 0.4) is 0 Å². The molecule has 88 valence electrons. The molecule has 1 aliphatic carbocycles. The van der Waals surface area contributed by atoms with Gasteiger partial charge in [0.05, 0.1) is 6.61 Å². The molecule has 0 aromatic carbocycles. The number of nitrogens with one attached hydrogen (secondary N) is 1. The Morgan fingerprint density at radius 3 is 2.93 bits per heavy atom. The lowest BCUT2D eigenvalue weighted by atomic mass is 10.2. The molecule has 1 saturated heterocycles. The van der Waals surface area contributed by atoms with E-state index in [1.807, 2.05) is 0 Å². The fourth-order valence-electron chi connectivity index (χ4n) is 2.34. The van der Waals surface area contributed by atoms with Gasteiger partial charge in [-0.1, -0.05) is 0 Å². The minimum atomic E-state index is 0.769. The summed E-state index contributed by atoms with van der Waals surface area (Å²) in [6.07, 6.45) is 5.52. The van der Waals surface area contributed by atoms with Crippen LogP contribution in [-0.4, -0.2) is 49.8 Å². The van der Waals surface area contributed by atoms with E-state index in [2.05, 4.69) is 17.1 Å². The molecule has 0 bridgehead atoms. The van der Waals surface area contributed by atoms with Crippen LogP contribution in [0.25, 0.3) is 0 Å². The zero-order chi connectivity index (χ0) is 10.5. The Balaban J connectivity index is 1.62. The minimum Gasteiger partial charge on any atom is -0.380 e. The Hall–Kier alpha value is -0.120. The number of nitrogens with zero attached hydrogens (tertiary/aromatic N) is 1. The number of ether oxygens (including phenoxy) is 1. The number of hydrogen-bond acceptors (Lipinski definition) is 3. The van der Waals surface area contributed by atoms with Gasteiger partial charge in [-0.25, -0.2) is 0 Å². The van der Waals surface area contributed by atoms with Crippen LogP contribution in [0.4, 0.5) is 0 Å². The van der Waals surface area contributed by atoms with E-state index in [9.17, 15) is 0 Å². The van der Waals surface area contributed by atoms with E-state index >= 15 is 0 Å². The summed E-state index contributed by atoms with van der Waals surface area (Å²) < 4.78 is 5.42. The molecule has 1 atom stereocenters. The first-order valence-electron chi connectivity index (χ1n) is 6.45. The summed E-state index contributed by atoms with van der Waals surface area (Å²) in [6, 6.07) is 1.62. The maximum Gasteiger partial charge on any atom is 0.0593 e. The smallest absolute Gasteiger partial charge is 0.0593 e. The molecule has 0 amide bonds. The van der Waals surface area contributed by atoms with Crippen molar-refractivity contribution >= 4 is 0 Å². The van der Waals surface area contributed by atoms with Gasteiger partial charge in [0.2, 0.25) is 0 Å². The Labute approximate surface area is 93.2 Å². The highest BCUT2D eigenvalue weighted by Crippen LogP contribution is 2.21. The van der Waals surface area contributed by atoms with Crippen molar-refractivity contribution in [1.82, 2.24) is 10.2 Å². The van der Waals surface area contributed by atoms with Crippen molar-refractivity contribution < 1.29 is 4.74 Å². The fraction of sp³-hybridized carbons (Fsp3) is 1.00. The van der Waals surface area contributed by atoms with Gasteiger partial charge < -0.3 is 10.1 Å². The van der Waals surface area contributed by atoms with Gasteiger partial charge in [-0.15, -0.1) is 0 Å². The largest absolute Gasteiger partial charge is 0.380 e. The Bertz CT molecular complexity index is 182. The lowest BCUT2D eigenvalue weighted by molar-refractivity contribution is 0.108. The normalized spacial score (nSPS) is 27.4. The van der Waals surface area contributed by atoms with Crippen molar-refractivity contribution in [2.45, 2.75) is 44.7 Å². The van der Waals surface area contributed by atoms with Gasteiger partial charge in [-0.05, 0) is 39.2 Å². The molecular formula is C12H24N2O. The standard InChI is InChI=1S/C12H24N2O/c1-2-15-9-8-14-7-3-4-12(14)10-13-11-5-6-11/h11-13H,2-10H2,1H3. The van der Waals surface area contributed by atoms with E-state index in [1.54, 1.807) is 0 Å². The highest BCUT2D eigenvalue weighted by Gasteiger charge is 2.27. The Morgan fingerprint density at radius 1 is 1.33 bits per heavy atom. The predicted octanol–water partition coefficient (Wildman–Crippen LogP) is 1.24. The van der Waals surface area contributed by atoms with Gasteiger partial charge in [0.25, 0.3) is 0 Å². The molecular weight excluding hydrogens is 188 g/mol. The summed E-state index contributed by atoms with van der Waals surface area (Å²) >= 11 is 0. The van der Waals surface area contributed by atoms with Crippen molar-refractivity contribution in [3.8, 4) is 0 Å². The summed E-state index contributed by atoms with van der Waals surface area (Å²) in [7, 11) is 0. The van der Waals surface area contributed by atoms with E-state index in [-0.39, 0.29) is 0 Å². The first-order chi connectivity index (χ1) is 7.40. The summed E-state index contributed by atoms with van der Waals surface area (Å²) in [4.78, 5) is 2.59. The van der Waals surface area contributed by atoms with Crippen LogP contribution < -0.4 is 5.32 Å². The summed E-state index contributed by atoms with van der Waals surface area (Å²) in [5, 5.41) is 3.64. The topological polar surface area (TPSA) is 24.5 Å². The monoisotopic (exact) mass is 212 g/mol. The molecule has 2 fully saturated rings. The lowest BCUT2D eigenvalue weighted by Crippen LogP contribution is -2.40. The Kier molecular flexibility index (Phi) is 4.42. The third-order valence-corrected chi connectivity index (χ3v) is 3.45. The van der Waals surface area contributed by atoms with Crippen LogP contribution in [-0.2, 0) is 4.74 Å². The summed E-state index contributed by atoms with van der Waals surface area (Å²) in [6.45, 7) is 7.39. The predicted molar refractivity (Wildman–Crippen MR) is 62.1 cm³/mol. The average Bonchev–Trinajstić information content (AvgIpc) is 2.97. The van der Waals surface area contributed by atoms with Crippen LogP contribution >= 0.6 is 0 Å². The molecule has 15 heavy (non-hydrogen) atoms. The molecule has 0 radical (unpaired) electrons. The van der Waals surface area contributed by atoms with Gasteiger partial charge in [0.1, 0.15) is 0 Å². The molecule has 1 heterocycles. The summed E-state index contributed by atoms with van der Waals surface area (Å²) in [5.41, 5.74) is 0. The number of rotatable bonds is 7. The minimum absolute atomic E-state index is 0.769. The lowest BCUT2D eigenvalue weighted by Gasteiger charge is -2.24. The van der Waals surface area contributed by atoms with E-state index in [0.717, 1.165) is 31.8 Å².